The fourth-order valence-corrected chi connectivity index (χ4v) is 3.25. The van der Waals surface area contributed by atoms with Gasteiger partial charge in [0.25, 0.3) is 5.91 Å². The zero-order valence-electron chi connectivity index (χ0n) is 15.2. The molecule has 4 rings (SSSR count). The van der Waals surface area contributed by atoms with Crippen LogP contribution in [0.15, 0.2) is 18.5 Å². The number of aliphatic hydroxyl groups excluding tert-OH is 1. The predicted octanol–water partition coefficient (Wildman–Crippen LogP) is 0.801. The molecule has 0 bridgehead atoms. The Morgan fingerprint density at radius 3 is 2.69 bits per heavy atom. The molecule has 0 aromatic carbocycles. The maximum Gasteiger partial charge on any atom is 0.257 e. The van der Waals surface area contributed by atoms with Crippen molar-refractivity contribution in [1.29, 1.82) is 0 Å². The number of hydrogen-bond acceptors (Lipinski definition) is 6. The van der Waals surface area contributed by atoms with E-state index in [1.165, 1.54) is 0 Å². The molecule has 0 radical (unpaired) electrons. The molecule has 0 spiro atoms. The number of carbonyl (C=O) groups excluding carboxylic acids is 1. The standard InChI is InChI=1S/C18H24N6O2/c1-22(2)11-16(25)15-7-14-10-23(5-6-24(14)21-15)18(26)13-8-19-17(20-9-13)12-3-4-12/h7-9,12,16,25H,3-6,10-11H2,1-2H3/t16-/m0/s1. The van der Waals surface area contributed by atoms with E-state index in [9.17, 15) is 9.90 Å². The minimum Gasteiger partial charge on any atom is -0.385 e. The number of aromatic nitrogens is 4. The molecule has 1 N–H and O–H groups in total. The summed E-state index contributed by atoms with van der Waals surface area (Å²) in [5.74, 6) is 1.27. The van der Waals surface area contributed by atoms with E-state index in [1.807, 2.05) is 29.7 Å². The van der Waals surface area contributed by atoms with Crippen molar-refractivity contribution in [2.75, 3.05) is 27.2 Å². The molecule has 8 nitrogen and oxygen atoms in total. The summed E-state index contributed by atoms with van der Waals surface area (Å²) in [6.07, 6.45) is 4.94. The third-order valence-electron chi connectivity index (χ3n) is 4.84. The lowest BCUT2D eigenvalue weighted by Gasteiger charge is -2.27. The van der Waals surface area contributed by atoms with Gasteiger partial charge in [-0.25, -0.2) is 9.97 Å². The van der Waals surface area contributed by atoms with Gasteiger partial charge in [0, 0.05) is 31.4 Å². The largest absolute Gasteiger partial charge is 0.385 e. The summed E-state index contributed by atoms with van der Waals surface area (Å²) in [6, 6.07) is 1.89. The third-order valence-corrected chi connectivity index (χ3v) is 4.84. The topological polar surface area (TPSA) is 87.4 Å². The number of fused-ring (bicyclic) bond motifs is 1. The minimum atomic E-state index is -0.629. The Balaban J connectivity index is 1.45. The van der Waals surface area contributed by atoms with Crippen LogP contribution in [0.3, 0.4) is 0 Å². The summed E-state index contributed by atoms with van der Waals surface area (Å²) in [6.45, 7) is 2.20. The van der Waals surface area contributed by atoms with Crippen molar-refractivity contribution in [3.63, 3.8) is 0 Å². The van der Waals surface area contributed by atoms with E-state index in [2.05, 4.69) is 15.1 Å². The molecule has 2 aromatic heterocycles. The quantitative estimate of drug-likeness (QED) is 0.853. The van der Waals surface area contributed by atoms with Gasteiger partial charge in [0.05, 0.1) is 30.0 Å². The first kappa shape index (κ1) is 17.1. The van der Waals surface area contributed by atoms with Crippen molar-refractivity contribution < 1.29 is 9.90 Å². The smallest absolute Gasteiger partial charge is 0.257 e. The number of carbonyl (C=O) groups is 1. The summed E-state index contributed by atoms with van der Waals surface area (Å²) in [5.41, 5.74) is 2.11. The summed E-state index contributed by atoms with van der Waals surface area (Å²) in [7, 11) is 3.83. The summed E-state index contributed by atoms with van der Waals surface area (Å²) in [5, 5.41) is 14.7. The Morgan fingerprint density at radius 2 is 2.04 bits per heavy atom. The first-order valence-corrected chi connectivity index (χ1v) is 9.02. The molecule has 1 aliphatic heterocycles. The second-order valence-electron chi connectivity index (χ2n) is 7.39. The van der Waals surface area contributed by atoms with Crippen molar-refractivity contribution >= 4 is 5.91 Å². The lowest BCUT2D eigenvalue weighted by atomic mass is 10.2. The Kier molecular flexibility index (Phi) is 4.46. The SMILES string of the molecule is CN(C)C[C@H](O)c1cc2n(n1)CCN(C(=O)c1cnc(C3CC3)nc1)C2. The van der Waals surface area contributed by atoms with Crippen LogP contribution in [0.1, 0.15) is 52.4 Å². The van der Waals surface area contributed by atoms with Crippen molar-refractivity contribution in [3.8, 4) is 0 Å². The maximum atomic E-state index is 12.8. The van der Waals surface area contributed by atoms with Gasteiger partial charge in [0.1, 0.15) is 11.9 Å². The van der Waals surface area contributed by atoms with Crippen LogP contribution in [-0.4, -0.2) is 67.7 Å². The lowest BCUT2D eigenvalue weighted by Crippen LogP contribution is -2.38. The van der Waals surface area contributed by atoms with E-state index in [0.29, 0.717) is 43.4 Å². The van der Waals surface area contributed by atoms with Crippen LogP contribution in [-0.2, 0) is 13.1 Å². The zero-order chi connectivity index (χ0) is 18.3. The van der Waals surface area contributed by atoms with Crippen LogP contribution < -0.4 is 0 Å². The van der Waals surface area contributed by atoms with E-state index in [1.54, 1.807) is 17.3 Å². The molecule has 1 saturated carbocycles. The van der Waals surface area contributed by atoms with Crippen LogP contribution in [0.4, 0.5) is 0 Å². The number of likely N-dealkylation sites (N-methyl/N-ethyl adjacent to an activating group) is 1. The van der Waals surface area contributed by atoms with Crippen molar-refractivity contribution in [1.82, 2.24) is 29.5 Å². The van der Waals surface area contributed by atoms with Gasteiger partial charge in [-0.1, -0.05) is 0 Å². The van der Waals surface area contributed by atoms with Crippen LogP contribution >= 0.6 is 0 Å². The van der Waals surface area contributed by atoms with Crippen LogP contribution in [0.2, 0.25) is 0 Å². The Labute approximate surface area is 152 Å². The Morgan fingerprint density at radius 1 is 1.31 bits per heavy atom. The van der Waals surface area contributed by atoms with Gasteiger partial charge >= 0.3 is 0 Å². The first-order chi connectivity index (χ1) is 12.5. The molecule has 1 aliphatic carbocycles. The Hall–Kier alpha value is -2.32. The minimum absolute atomic E-state index is 0.0600. The molecule has 3 heterocycles. The second-order valence-corrected chi connectivity index (χ2v) is 7.39. The van der Waals surface area contributed by atoms with E-state index in [0.717, 1.165) is 24.4 Å². The maximum absolute atomic E-state index is 12.8. The fraction of sp³-hybridized carbons (Fsp3) is 0.556. The molecule has 0 saturated heterocycles. The molecule has 1 fully saturated rings. The van der Waals surface area contributed by atoms with Crippen LogP contribution in [0.5, 0.6) is 0 Å². The van der Waals surface area contributed by atoms with Crippen LogP contribution in [0.25, 0.3) is 0 Å². The molecular weight excluding hydrogens is 332 g/mol. The number of nitrogens with zero attached hydrogens (tertiary/aromatic N) is 6. The normalized spacial score (nSPS) is 18.1. The Bertz CT molecular complexity index is 797. The van der Waals surface area contributed by atoms with Gasteiger partial charge in [0.15, 0.2) is 0 Å². The fourth-order valence-electron chi connectivity index (χ4n) is 3.25. The molecule has 1 atom stereocenters. The second kappa shape index (κ2) is 6.77. The van der Waals surface area contributed by atoms with Gasteiger partial charge in [0.2, 0.25) is 0 Å². The molecule has 26 heavy (non-hydrogen) atoms. The monoisotopic (exact) mass is 356 g/mol. The first-order valence-electron chi connectivity index (χ1n) is 9.02. The molecule has 1 amide bonds. The third kappa shape index (κ3) is 3.47. The van der Waals surface area contributed by atoms with Gasteiger partial charge in [-0.2, -0.15) is 5.10 Å². The molecule has 138 valence electrons. The number of aliphatic hydroxyl groups is 1. The van der Waals surface area contributed by atoms with Crippen molar-refractivity contribution in [2.45, 2.75) is 38.0 Å². The van der Waals surface area contributed by atoms with Crippen molar-refractivity contribution in [2.24, 2.45) is 0 Å². The number of amides is 1. The average Bonchev–Trinajstić information content (AvgIpc) is 3.38. The van der Waals surface area contributed by atoms with Gasteiger partial charge in [-0.05, 0) is 33.0 Å². The molecule has 2 aromatic rings. The molecule has 0 unspecified atom stereocenters. The molecule has 8 heteroatoms. The average molecular weight is 356 g/mol. The number of rotatable bonds is 5. The lowest BCUT2D eigenvalue weighted by molar-refractivity contribution is 0.0704. The van der Waals surface area contributed by atoms with E-state index >= 15 is 0 Å². The van der Waals surface area contributed by atoms with E-state index in [4.69, 9.17) is 0 Å². The summed E-state index contributed by atoms with van der Waals surface area (Å²) in [4.78, 5) is 25.1. The van der Waals surface area contributed by atoms with Gasteiger partial charge in [-0.15, -0.1) is 0 Å². The van der Waals surface area contributed by atoms with Crippen LogP contribution in [0, 0.1) is 0 Å². The highest BCUT2D eigenvalue weighted by Crippen LogP contribution is 2.37. The predicted molar refractivity (Wildman–Crippen MR) is 94.5 cm³/mol. The number of hydrogen-bond donors (Lipinski definition) is 1. The highest BCUT2D eigenvalue weighted by atomic mass is 16.3. The van der Waals surface area contributed by atoms with Crippen molar-refractivity contribution in [3.05, 3.63) is 41.2 Å². The van der Waals surface area contributed by atoms with E-state index < -0.39 is 6.10 Å². The van der Waals surface area contributed by atoms with Gasteiger partial charge in [-0.3, -0.25) is 9.48 Å². The zero-order valence-corrected chi connectivity index (χ0v) is 15.2. The highest BCUT2D eigenvalue weighted by molar-refractivity contribution is 5.93. The molecule has 2 aliphatic rings. The highest BCUT2D eigenvalue weighted by Gasteiger charge is 2.28. The summed E-state index contributed by atoms with van der Waals surface area (Å²) >= 11 is 0. The summed E-state index contributed by atoms with van der Waals surface area (Å²) < 4.78 is 1.88. The van der Waals surface area contributed by atoms with Gasteiger partial charge < -0.3 is 14.9 Å². The van der Waals surface area contributed by atoms with E-state index in [-0.39, 0.29) is 5.91 Å². The molecular formula is C18H24N6O2.